The second-order valence-electron chi connectivity index (χ2n) is 5.58. The van der Waals surface area contributed by atoms with Crippen LogP contribution in [0.25, 0.3) is 0 Å². The van der Waals surface area contributed by atoms with Gasteiger partial charge in [0.1, 0.15) is 0 Å². The Morgan fingerprint density at radius 3 is 2.58 bits per heavy atom. The third-order valence-corrected chi connectivity index (χ3v) is 4.18. The first kappa shape index (κ1) is 14.3. The van der Waals surface area contributed by atoms with Crippen molar-refractivity contribution >= 4 is 5.69 Å². The fourth-order valence-corrected chi connectivity index (χ4v) is 2.88. The molecule has 0 aromatic carbocycles. The summed E-state index contributed by atoms with van der Waals surface area (Å²) in [6.45, 7) is 6.52. The Bertz CT molecular complexity index is 369. The standard InChI is InChI=1S/C16H26N2O/c1-3-5-13-8-10-18(11-9-13)14-6-7-15(17-12-14)16(19)4-2/h6-7,12-13,16,19H,3-5,8-11H2,1-2H3/t16-/m0/s1. The average molecular weight is 262 g/mol. The molecule has 1 aromatic rings. The quantitative estimate of drug-likeness (QED) is 0.881. The normalized spacial score (nSPS) is 18.6. The molecule has 0 spiro atoms. The lowest BCUT2D eigenvalue weighted by atomic mass is 9.92. The van der Waals surface area contributed by atoms with E-state index in [0.717, 1.165) is 31.1 Å². The van der Waals surface area contributed by atoms with E-state index in [1.54, 1.807) is 0 Å². The number of hydrogen-bond donors (Lipinski definition) is 1. The fourth-order valence-electron chi connectivity index (χ4n) is 2.88. The molecule has 0 amide bonds. The smallest absolute Gasteiger partial charge is 0.0957 e. The fraction of sp³-hybridized carbons (Fsp3) is 0.688. The molecule has 0 aliphatic carbocycles. The van der Waals surface area contributed by atoms with Crippen LogP contribution in [-0.2, 0) is 0 Å². The van der Waals surface area contributed by atoms with Gasteiger partial charge in [0, 0.05) is 13.1 Å². The first-order chi connectivity index (χ1) is 9.24. The Morgan fingerprint density at radius 1 is 1.32 bits per heavy atom. The highest BCUT2D eigenvalue weighted by Crippen LogP contribution is 2.26. The van der Waals surface area contributed by atoms with Crippen molar-refractivity contribution in [1.29, 1.82) is 0 Å². The Labute approximate surface area is 116 Å². The van der Waals surface area contributed by atoms with Gasteiger partial charge < -0.3 is 10.0 Å². The van der Waals surface area contributed by atoms with Crippen LogP contribution in [0, 0.1) is 5.92 Å². The highest BCUT2D eigenvalue weighted by molar-refractivity contribution is 5.45. The highest BCUT2D eigenvalue weighted by atomic mass is 16.3. The molecule has 1 saturated heterocycles. The molecule has 0 radical (unpaired) electrons. The molecule has 2 rings (SSSR count). The van der Waals surface area contributed by atoms with Gasteiger partial charge in [-0.25, -0.2) is 0 Å². The summed E-state index contributed by atoms with van der Waals surface area (Å²) in [5, 5.41) is 9.75. The summed E-state index contributed by atoms with van der Waals surface area (Å²) in [6, 6.07) is 4.06. The summed E-state index contributed by atoms with van der Waals surface area (Å²) in [4.78, 5) is 6.81. The summed E-state index contributed by atoms with van der Waals surface area (Å²) in [6.07, 6.45) is 7.47. The summed E-state index contributed by atoms with van der Waals surface area (Å²) < 4.78 is 0. The number of aliphatic hydroxyl groups is 1. The van der Waals surface area contributed by atoms with E-state index in [2.05, 4.69) is 22.9 Å². The van der Waals surface area contributed by atoms with Gasteiger partial charge in [-0.1, -0.05) is 26.7 Å². The molecule has 1 aromatic heterocycles. The number of anilines is 1. The van der Waals surface area contributed by atoms with Crippen molar-refractivity contribution in [3.63, 3.8) is 0 Å². The lowest BCUT2D eigenvalue weighted by molar-refractivity contribution is 0.169. The number of rotatable bonds is 5. The van der Waals surface area contributed by atoms with E-state index in [9.17, 15) is 5.11 Å². The summed E-state index contributed by atoms with van der Waals surface area (Å²) >= 11 is 0. The molecule has 0 saturated carbocycles. The molecule has 3 nitrogen and oxygen atoms in total. The largest absolute Gasteiger partial charge is 0.387 e. The van der Waals surface area contributed by atoms with Gasteiger partial charge in [-0.3, -0.25) is 4.98 Å². The summed E-state index contributed by atoms with van der Waals surface area (Å²) in [5.41, 5.74) is 1.98. The van der Waals surface area contributed by atoms with Gasteiger partial charge in [0.05, 0.1) is 23.7 Å². The molecule has 19 heavy (non-hydrogen) atoms. The molecule has 1 aliphatic rings. The van der Waals surface area contributed by atoms with Crippen molar-refractivity contribution in [2.75, 3.05) is 18.0 Å². The molecule has 1 fully saturated rings. The van der Waals surface area contributed by atoms with E-state index in [1.165, 1.54) is 31.4 Å². The summed E-state index contributed by atoms with van der Waals surface area (Å²) in [5.74, 6) is 0.912. The number of aliphatic hydroxyl groups excluding tert-OH is 1. The van der Waals surface area contributed by atoms with Crippen LogP contribution < -0.4 is 4.90 Å². The zero-order chi connectivity index (χ0) is 13.7. The minimum Gasteiger partial charge on any atom is -0.387 e. The predicted octanol–water partition coefficient (Wildman–Crippen LogP) is 3.54. The topological polar surface area (TPSA) is 36.4 Å². The third-order valence-electron chi connectivity index (χ3n) is 4.18. The number of piperidine rings is 1. The Balaban J connectivity index is 1.92. The molecule has 3 heteroatoms. The van der Waals surface area contributed by atoms with E-state index in [-0.39, 0.29) is 0 Å². The number of aromatic nitrogens is 1. The van der Waals surface area contributed by atoms with Gasteiger partial charge in [-0.2, -0.15) is 0 Å². The number of pyridine rings is 1. The lowest BCUT2D eigenvalue weighted by Gasteiger charge is -2.33. The van der Waals surface area contributed by atoms with Crippen LogP contribution in [0.4, 0.5) is 5.69 Å². The second-order valence-corrected chi connectivity index (χ2v) is 5.58. The first-order valence-electron chi connectivity index (χ1n) is 7.63. The van der Waals surface area contributed by atoms with Crippen LogP contribution in [-0.4, -0.2) is 23.2 Å². The zero-order valence-electron chi connectivity index (χ0n) is 12.2. The highest BCUT2D eigenvalue weighted by Gasteiger charge is 2.19. The predicted molar refractivity (Wildman–Crippen MR) is 79.3 cm³/mol. The molecular weight excluding hydrogens is 236 g/mol. The van der Waals surface area contributed by atoms with Crippen LogP contribution in [0.5, 0.6) is 0 Å². The van der Waals surface area contributed by atoms with Gasteiger partial charge >= 0.3 is 0 Å². The minimum atomic E-state index is -0.427. The Morgan fingerprint density at radius 2 is 2.05 bits per heavy atom. The van der Waals surface area contributed by atoms with Gasteiger partial charge in [0.25, 0.3) is 0 Å². The van der Waals surface area contributed by atoms with Crippen molar-refractivity contribution in [3.05, 3.63) is 24.0 Å². The second kappa shape index (κ2) is 6.90. The van der Waals surface area contributed by atoms with Crippen molar-refractivity contribution < 1.29 is 5.11 Å². The van der Waals surface area contributed by atoms with Crippen LogP contribution in [0.3, 0.4) is 0 Å². The van der Waals surface area contributed by atoms with E-state index in [4.69, 9.17) is 0 Å². The molecule has 0 bridgehead atoms. The molecule has 106 valence electrons. The van der Waals surface area contributed by atoms with Crippen molar-refractivity contribution in [3.8, 4) is 0 Å². The van der Waals surface area contributed by atoms with Gasteiger partial charge in [-0.15, -0.1) is 0 Å². The van der Waals surface area contributed by atoms with E-state index in [0.29, 0.717) is 0 Å². The van der Waals surface area contributed by atoms with Crippen molar-refractivity contribution in [1.82, 2.24) is 4.98 Å². The molecule has 1 atom stereocenters. The minimum absolute atomic E-state index is 0.427. The maximum atomic E-state index is 9.75. The third kappa shape index (κ3) is 3.69. The van der Waals surface area contributed by atoms with E-state index < -0.39 is 6.10 Å². The summed E-state index contributed by atoms with van der Waals surface area (Å²) in [7, 11) is 0. The molecule has 1 N–H and O–H groups in total. The molecule has 0 unspecified atom stereocenters. The maximum Gasteiger partial charge on any atom is 0.0957 e. The van der Waals surface area contributed by atoms with Crippen molar-refractivity contribution in [2.24, 2.45) is 5.92 Å². The van der Waals surface area contributed by atoms with Crippen LogP contribution in [0.2, 0.25) is 0 Å². The lowest BCUT2D eigenvalue weighted by Crippen LogP contribution is -2.33. The monoisotopic (exact) mass is 262 g/mol. The van der Waals surface area contributed by atoms with Crippen LogP contribution >= 0.6 is 0 Å². The van der Waals surface area contributed by atoms with Crippen molar-refractivity contribution in [2.45, 2.75) is 52.1 Å². The maximum absolute atomic E-state index is 9.75. The molecule has 2 heterocycles. The SMILES string of the molecule is CCCC1CCN(c2ccc([C@@H](O)CC)nc2)CC1. The Kier molecular flexibility index (Phi) is 5.20. The zero-order valence-corrected chi connectivity index (χ0v) is 12.2. The van der Waals surface area contributed by atoms with Gasteiger partial charge in [0.15, 0.2) is 0 Å². The van der Waals surface area contributed by atoms with Crippen LogP contribution in [0.15, 0.2) is 18.3 Å². The molecule has 1 aliphatic heterocycles. The number of hydrogen-bond acceptors (Lipinski definition) is 3. The first-order valence-corrected chi connectivity index (χ1v) is 7.63. The van der Waals surface area contributed by atoms with Gasteiger partial charge in [-0.05, 0) is 37.3 Å². The average Bonchev–Trinajstić information content (AvgIpc) is 2.48. The van der Waals surface area contributed by atoms with E-state index in [1.807, 2.05) is 19.2 Å². The number of nitrogens with zero attached hydrogens (tertiary/aromatic N) is 2. The van der Waals surface area contributed by atoms with Crippen LogP contribution in [0.1, 0.15) is 57.7 Å². The van der Waals surface area contributed by atoms with E-state index >= 15 is 0 Å². The Hall–Kier alpha value is -1.09. The van der Waals surface area contributed by atoms with Gasteiger partial charge in [0.2, 0.25) is 0 Å². The molecular formula is C16H26N2O.